The molecule has 0 bridgehead atoms. The second-order valence-electron chi connectivity index (χ2n) is 8.90. The lowest BCUT2D eigenvalue weighted by Gasteiger charge is -2.37. The smallest absolute Gasteiger partial charge is 0.0425 e. The number of hydrogen-bond acceptors (Lipinski definition) is 0. The Morgan fingerprint density at radius 1 is 0.600 bits per heavy atom. The van der Waals surface area contributed by atoms with E-state index in [2.05, 4.69) is 113 Å². The molecule has 0 unspecified atom stereocenters. The minimum atomic E-state index is -0.154. The van der Waals surface area contributed by atoms with E-state index in [1.165, 1.54) is 55.3 Å². The predicted molar refractivity (Wildman–Crippen MR) is 129 cm³/mol. The fraction of sp³-hybridized carbons (Fsp3) is 0.200. The Morgan fingerprint density at radius 3 is 1.70 bits per heavy atom. The van der Waals surface area contributed by atoms with E-state index in [1.807, 2.05) is 0 Å². The second-order valence-corrected chi connectivity index (χ2v) is 8.90. The van der Waals surface area contributed by atoms with Crippen LogP contribution in [0.3, 0.4) is 0 Å². The topological polar surface area (TPSA) is 0 Å². The average molecular weight is 389 g/mol. The van der Waals surface area contributed by atoms with E-state index in [-0.39, 0.29) is 5.41 Å². The summed E-state index contributed by atoms with van der Waals surface area (Å²) in [6.07, 6.45) is 5.81. The molecule has 0 amide bonds. The van der Waals surface area contributed by atoms with Gasteiger partial charge in [-0.3, -0.25) is 0 Å². The molecule has 148 valence electrons. The van der Waals surface area contributed by atoms with Crippen LogP contribution in [0.2, 0.25) is 0 Å². The van der Waals surface area contributed by atoms with Gasteiger partial charge in [-0.1, -0.05) is 96.1 Å². The van der Waals surface area contributed by atoms with Crippen LogP contribution in [0.15, 0.2) is 78.9 Å². The van der Waals surface area contributed by atoms with Crippen LogP contribution >= 0.6 is 0 Å². The molecule has 0 heterocycles. The van der Waals surface area contributed by atoms with Crippen molar-refractivity contribution in [1.29, 1.82) is 0 Å². The zero-order valence-electron chi connectivity index (χ0n) is 18.3. The number of fused-ring (bicyclic) bond motifs is 3. The third kappa shape index (κ3) is 2.82. The van der Waals surface area contributed by atoms with E-state index in [9.17, 15) is 0 Å². The van der Waals surface area contributed by atoms with Gasteiger partial charge in [0.2, 0.25) is 0 Å². The van der Waals surface area contributed by atoms with Crippen LogP contribution in [0.25, 0.3) is 16.8 Å². The van der Waals surface area contributed by atoms with Crippen LogP contribution in [0.1, 0.15) is 44.5 Å². The molecular weight excluding hydrogens is 360 g/mol. The van der Waals surface area contributed by atoms with Crippen LogP contribution in [0.5, 0.6) is 0 Å². The van der Waals surface area contributed by atoms with Gasteiger partial charge in [0, 0.05) is 5.41 Å². The highest BCUT2D eigenvalue weighted by Crippen LogP contribution is 2.45. The summed E-state index contributed by atoms with van der Waals surface area (Å²) in [6.45, 7) is 8.85. The molecule has 1 aliphatic carbocycles. The number of rotatable bonds is 2. The first-order valence-electron chi connectivity index (χ1n) is 10.8. The number of allylic oxidation sites excluding steroid dienone is 1. The molecule has 0 N–H and O–H groups in total. The minimum absolute atomic E-state index is 0.154. The van der Waals surface area contributed by atoms with Gasteiger partial charge in [0.05, 0.1) is 0 Å². The highest BCUT2D eigenvalue weighted by molar-refractivity contribution is 5.94. The van der Waals surface area contributed by atoms with Gasteiger partial charge >= 0.3 is 0 Å². The van der Waals surface area contributed by atoms with Gasteiger partial charge in [0.25, 0.3) is 0 Å². The summed E-state index contributed by atoms with van der Waals surface area (Å²) < 4.78 is 0. The first kappa shape index (κ1) is 18.9. The molecule has 30 heavy (non-hydrogen) atoms. The van der Waals surface area contributed by atoms with Crippen molar-refractivity contribution >= 4 is 16.8 Å². The van der Waals surface area contributed by atoms with Crippen molar-refractivity contribution in [2.24, 2.45) is 0 Å². The largest absolute Gasteiger partial charge is 0.0687 e. The van der Waals surface area contributed by atoms with Gasteiger partial charge in [-0.05, 0) is 78.3 Å². The third-order valence-corrected chi connectivity index (χ3v) is 7.07. The van der Waals surface area contributed by atoms with Crippen LogP contribution in [-0.4, -0.2) is 0 Å². The number of hydrogen-bond donors (Lipinski definition) is 0. The predicted octanol–water partition coefficient (Wildman–Crippen LogP) is 7.63. The molecule has 5 rings (SSSR count). The quantitative estimate of drug-likeness (QED) is 0.331. The number of benzene rings is 4. The molecular formula is C30H28. The van der Waals surface area contributed by atoms with E-state index in [0.717, 1.165) is 6.42 Å². The molecule has 1 aliphatic rings. The highest BCUT2D eigenvalue weighted by Gasteiger charge is 2.36. The summed E-state index contributed by atoms with van der Waals surface area (Å²) in [5, 5.41) is 2.77. The molecule has 0 atom stereocenters. The summed E-state index contributed by atoms with van der Waals surface area (Å²) in [5.74, 6) is 0. The fourth-order valence-corrected chi connectivity index (χ4v) is 5.09. The van der Waals surface area contributed by atoms with E-state index >= 15 is 0 Å². The standard InChI is InChI=1S/C30H28/c1-20-9-13-24(14-10-20)30(25-15-11-21(2)12-16-25)18-17-27-23(4)22(3)26-7-5-6-8-28(26)29(27)19-30/h5-18H,19H2,1-4H3. The summed E-state index contributed by atoms with van der Waals surface area (Å²) in [7, 11) is 0. The first-order chi connectivity index (χ1) is 14.5. The van der Waals surface area contributed by atoms with Gasteiger partial charge in [0.15, 0.2) is 0 Å². The van der Waals surface area contributed by atoms with Gasteiger partial charge in [0.1, 0.15) is 0 Å². The van der Waals surface area contributed by atoms with Crippen LogP contribution in [0.4, 0.5) is 0 Å². The molecule has 0 saturated carbocycles. The maximum atomic E-state index is 2.45. The van der Waals surface area contributed by atoms with Crippen molar-refractivity contribution < 1.29 is 0 Å². The van der Waals surface area contributed by atoms with Crippen LogP contribution in [-0.2, 0) is 11.8 Å². The molecule has 0 nitrogen and oxygen atoms in total. The van der Waals surface area contributed by atoms with Crippen molar-refractivity contribution in [2.75, 3.05) is 0 Å². The van der Waals surface area contributed by atoms with Crippen molar-refractivity contribution in [3.8, 4) is 0 Å². The third-order valence-electron chi connectivity index (χ3n) is 7.07. The Morgan fingerprint density at radius 2 is 1.13 bits per heavy atom. The SMILES string of the molecule is Cc1ccc(C2(c3ccc(C)cc3)C=Cc3c(C)c(C)c4ccccc4c3C2)cc1. The Balaban J connectivity index is 1.80. The van der Waals surface area contributed by atoms with Gasteiger partial charge in [-0.2, -0.15) is 0 Å². The molecule has 0 radical (unpaired) electrons. The van der Waals surface area contributed by atoms with E-state index in [0.29, 0.717) is 0 Å². The van der Waals surface area contributed by atoms with E-state index in [4.69, 9.17) is 0 Å². The summed E-state index contributed by atoms with van der Waals surface area (Å²) >= 11 is 0. The van der Waals surface area contributed by atoms with Crippen LogP contribution < -0.4 is 0 Å². The Labute approximate surface area is 179 Å². The van der Waals surface area contributed by atoms with E-state index in [1.54, 1.807) is 0 Å². The Bertz CT molecular complexity index is 1220. The summed E-state index contributed by atoms with van der Waals surface area (Å²) in [5.41, 5.74) is 10.8. The maximum absolute atomic E-state index is 2.45. The zero-order chi connectivity index (χ0) is 20.9. The lowest BCUT2D eigenvalue weighted by atomic mass is 9.66. The van der Waals surface area contributed by atoms with Gasteiger partial charge in [-0.15, -0.1) is 0 Å². The Kier molecular flexibility index (Phi) is 4.40. The summed E-state index contributed by atoms with van der Waals surface area (Å²) in [4.78, 5) is 0. The lowest BCUT2D eigenvalue weighted by Crippen LogP contribution is -2.31. The second kappa shape index (κ2) is 6.99. The lowest BCUT2D eigenvalue weighted by molar-refractivity contribution is 0.635. The van der Waals surface area contributed by atoms with Crippen molar-refractivity contribution in [1.82, 2.24) is 0 Å². The number of aryl methyl sites for hydroxylation is 3. The minimum Gasteiger partial charge on any atom is -0.0687 e. The molecule has 0 spiro atoms. The molecule has 0 aliphatic heterocycles. The van der Waals surface area contributed by atoms with Gasteiger partial charge < -0.3 is 0 Å². The van der Waals surface area contributed by atoms with Crippen molar-refractivity contribution in [3.63, 3.8) is 0 Å². The maximum Gasteiger partial charge on any atom is 0.0425 e. The fourth-order valence-electron chi connectivity index (χ4n) is 5.09. The van der Waals surface area contributed by atoms with Gasteiger partial charge in [-0.25, -0.2) is 0 Å². The van der Waals surface area contributed by atoms with E-state index < -0.39 is 0 Å². The molecule has 0 aromatic heterocycles. The van der Waals surface area contributed by atoms with Crippen molar-refractivity contribution in [3.05, 3.63) is 123 Å². The van der Waals surface area contributed by atoms with Crippen molar-refractivity contribution in [2.45, 2.75) is 39.5 Å². The molecule has 4 aromatic rings. The zero-order valence-corrected chi connectivity index (χ0v) is 18.3. The highest BCUT2D eigenvalue weighted by atomic mass is 14.4. The summed E-state index contributed by atoms with van der Waals surface area (Å²) in [6, 6.07) is 27.1. The monoisotopic (exact) mass is 388 g/mol. The molecule has 0 heteroatoms. The van der Waals surface area contributed by atoms with Crippen LogP contribution in [0, 0.1) is 27.7 Å². The first-order valence-corrected chi connectivity index (χ1v) is 10.8. The molecule has 0 saturated heterocycles. The normalized spacial score (nSPS) is 14.7. The molecule has 0 fully saturated rings. The average Bonchev–Trinajstić information content (AvgIpc) is 2.78. The molecule has 4 aromatic carbocycles. The Hall–Kier alpha value is -3.12.